The lowest BCUT2D eigenvalue weighted by atomic mass is 10.1. The Morgan fingerprint density at radius 1 is 1.20 bits per heavy atom. The molecule has 0 atom stereocenters. The molecule has 1 N–H and O–H groups in total. The largest absolute Gasteiger partial charge is 0.481 e. The molecule has 0 bridgehead atoms. The van der Waals surface area contributed by atoms with Gasteiger partial charge in [0, 0.05) is 13.0 Å². The summed E-state index contributed by atoms with van der Waals surface area (Å²) in [6, 6.07) is 6.73. The van der Waals surface area contributed by atoms with E-state index in [1.54, 1.807) is 36.2 Å². The molecule has 0 aliphatic carbocycles. The highest BCUT2D eigenvalue weighted by Crippen LogP contribution is 2.22. The van der Waals surface area contributed by atoms with Crippen molar-refractivity contribution >= 4 is 17.8 Å². The van der Waals surface area contributed by atoms with Crippen molar-refractivity contribution in [2.45, 2.75) is 12.8 Å². The average Bonchev–Trinajstić information content (AvgIpc) is 2.64. The fourth-order valence-electron chi connectivity index (χ4n) is 2.18. The summed E-state index contributed by atoms with van der Waals surface area (Å²) >= 11 is 0. The Morgan fingerprint density at radius 3 is 2.25 bits per heavy atom. The number of rotatable bonds is 6. The topological polar surface area (TPSA) is 77.9 Å². The number of hydrogen-bond acceptors (Lipinski definition) is 4. The summed E-state index contributed by atoms with van der Waals surface area (Å²) in [4.78, 5) is 37.6. The van der Waals surface area contributed by atoms with Gasteiger partial charge in [-0.25, -0.2) is 0 Å². The molecule has 106 valence electrons. The molecule has 1 aromatic carbocycles. The number of amides is 2. The average molecular weight is 276 g/mol. The van der Waals surface area contributed by atoms with Gasteiger partial charge in [-0.2, -0.15) is 0 Å². The van der Waals surface area contributed by atoms with Crippen LogP contribution in [0, 0.1) is 0 Å². The van der Waals surface area contributed by atoms with Crippen LogP contribution in [0.15, 0.2) is 24.3 Å². The van der Waals surface area contributed by atoms with Crippen LogP contribution in [0.4, 0.5) is 0 Å². The first-order valence-electron chi connectivity index (χ1n) is 6.36. The van der Waals surface area contributed by atoms with Crippen molar-refractivity contribution in [3.63, 3.8) is 0 Å². The molecule has 0 spiro atoms. The number of carboxylic acid groups (broad SMARTS) is 1. The summed E-state index contributed by atoms with van der Waals surface area (Å²) in [5.41, 5.74) is 0.855. The highest BCUT2D eigenvalue weighted by atomic mass is 16.4. The highest BCUT2D eigenvalue weighted by molar-refractivity contribution is 6.21. The third-order valence-electron chi connectivity index (χ3n) is 3.19. The van der Waals surface area contributed by atoms with E-state index in [1.165, 1.54) is 4.90 Å². The van der Waals surface area contributed by atoms with Gasteiger partial charge in [-0.05, 0) is 25.6 Å². The van der Waals surface area contributed by atoms with Crippen molar-refractivity contribution in [2.24, 2.45) is 0 Å². The van der Waals surface area contributed by atoms with Crippen LogP contribution in [0.5, 0.6) is 0 Å². The number of carbonyl (C=O) groups is 3. The van der Waals surface area contributed by atoms with E-state index < -0.39 is 5.97 Å². The molecule has 6 nitrogen and oxygen atoms in total. The molecule has 1 heterocycles. The molecular weight excluding hydrogens is 260 g/mol. The number of imide groups is 1. The molecule has 2 amide bonds. The maximum atomic E-state index is 12.1. The third-order valence-corrected chi connectivity index (χ3v) is 3.19. The molecule has 0 saturated carbocycles. The summed E-state index contributed by atoms with van der Waals surface area (Å²) in [6.45, 7) is 0.686. The Labute approximate surface area is 116 Å². The molecule has 0 aromatic heterocycles. The minimum Gasteiger partial charge on any atom is -0.481 e. The number of carbonyl (C=O) groups excluding carboxylic acids is 2. The zero-order valence-corrected chi connectivity index (χ0v) is 11.2. The Bertz CT molecular complexity index is 521. The second kappa shape index (κ2) is 5.83. The van der Waals surface area contributed by atoms with Gasteiger partial charge in [-0.15, -0.1) is 0 Å². The molecule has 1 aromatic rings. The quantitative estimate of drug-likeness (QED) is 0.785. The number of aliphatic carboxylic acids is 1. The molecule has 0 unspecified atom stereocenters. The molecule has 0 fully saturated rings. The minimum atomic E-state index is -0.848. The molecule has 20 heavy (non-hydrogen) atoms. The number of carboxylic acids is 1. The van der Waals surface area contributed by atoms with Gasteiger partial charge < -0.3 is 5.11 Å². The molecule has 1 aliphatic heterocycles. The molecule has 0 saturated heterocycles. The number of benzene rings is 1. The normalized spacial score (nSPS) is 14.0. The number of hydrogen-bond donors (Lipinski definition) is 1. The SMILES string of the molecule is CN(CCCC(=O)O)CN1C(=O)c2ccccc2C1=O. The van der Waals surface area contributed by atoms with Crippen LogP contribution in [0.3, 0.4) is 0 Å². The predicted molar refractivity (Wildman–Crippen MR) is 71.3 cm³/mol. The minimum absolute atomic E-state index is 0.0759. The first-order chi connectivity index (χ1) is 9.50. The van der Waals surface area contributed by atoms with Gasteiger partial charge in [0.15, 0.2) is 0 Å². The van der Waals surface area contributed by atoms with Crippen molar-refractivity contribution in [1.82, 2.24) is 9.80 Å². The standard InChI is InChI=1S/C14H16N2O4/c1-15(8-4-7-12(17)18)9-16-13(19)10-5-2-3-6-11(10)14(16)20/h2-3,5-6H,4,7-9H2,1H3,(H,17,18). The van der Waals surface area contributed by atoms with Gasteiger partial charge in [0.25, 0.3) is 11.8 Å². The smallest absolute Gasteiger partial charge is 0.303 e. The highest BCUT2D eigenvalue weighted by Gasteiger charge is 2.35. The maximum absolute atomic E-state index is 12.1. The predicted octanol–water partition coefficient (Wildman–Crippen LogP) is 1.04. The van der Waals surface area contributed by atoms with Crippen molar-refractivity contribution < 1.29 is 19.5 Å². The second-order valence-corrected chi connectivity index (χ2v) is 4.80. The summed E-state index contributed by atoms with van der Waals surface area (Å²) in [6.07, 6.45) is 0.557. The van der Waals surface area contributed by atoms with E-state index in [0.717, 1.165) is 0 Å². The van der Waals surface area contributed by atoms with E-state index in [2.05, 4.69) is 0 Å². The molecule has 2 rings (SSSR count). The van der Waals surface area contributed by atoms with Gasteiger partial charge in [0.05, 0.1) is 17.8 Å². The number of nitrogens with zero attached hydrogens (tertiary/aromatic N) is 2. The van der Waals surface area contributed by atoms with Gasteiger partial charge in [-0.1, -0.05) is 12.1 Å². The van der Waals surface area contributed by atoms with Gasteiger partial charge in [-0.3, -0.25) is 24.2 Å². The molecule has 1 aliphatic rings. The van der Waals surface area contributed by atoms with Crippen molar-refractivity contribution in [3.05, 3.63) is 35.4 Å². The Balaban J connectivity index is 1.96. The van der Waals surface area contributed by atoms with Crippen LogP contribution in [-0.2, 0) is 4.79 Å². The van der Waals surface area contributed by atoms with Crippen LogP contribution < -0.4 is 0 Å². The van der Waals surface area contributed by atoms with Crippen LogP contribution in [0.1, 0.15) is 33.6 Å². The van der Waals surface area contributed by atoms with Crippen LogP contribution in [-0.4, -0.2) is 53.0 Å². The van der Waals surface area contributed by atoms with Crippen LogP contribution in [0.25, 0.3) is 0 Å². The van der Waals surface area contributed by atoms with Gasteiger partial charge >= 0.3 is 5.97 Å². The summed E-state index contributed by atoms with van der Waals surface area (Å²) in [5, 5.41) is 8.58. The van der Waals surface area contributed by atoms with Crippen molar-refractivity contribution in [2.75, 3.05) is 20.3 Å². The third kappa shape index (κ3) is 2.85. The van der Waals surface area contributed by atoms with E-state index in [9.17, 15) is 14.4 Å². The van der Waals surface area contributed by atoms with E-state index in [4.69, 9.17) is 5.11 Å². The van der Waals surface area contributed by atoms with E-state index in [1.807, 2.05) is 0 Å². The van der Waals surface area contributed by atoms with E-state index >= 15 is 0 Å². The van der Waals surface area contributed by atoms with E-state index in [-0.39, 0.29) is 24.9 Å². The summed E-state index contributed by atoms with van der Waals surface area (Å²) in [7, 11) is 1.76. The maximum Gasteiger partial charge on any atom is 0.303 e. The molecule has 0 radical (unpaired) electrons. The van der Waals surface area contributed by atoms with Gasteiger partial charge in [0.1, 0.15) is 0 Å². The zero-order chi connectivity index (χ0) is 14.7. The van der Waals surface area contributed by atoms with Crippen LogP contribution in [0.2, 0.25) is 0 Å². The zero-order valence-electron chi connectivity index (χ0n) is 11.2. The fourth-order valence-corrected chi connectivity index (χ4v) is 2.18. The lowest BCUT2D eigenvalue weighted by Crippen LogP contribution is -2.39. The van der Waals surface area contributed by atoms with Crippen LogP contribution >= 0.6 is 0 Å². The Morgan fingerprint density at radius 2 is 1.75 bits per heavy atom. The first-order valence-corrected chi connectivity index (χ1v) is 6.36. The lowest BCUT2D eigenvalue weighted by molar-refractivity contribution is -0.137. The molecular formula is C14H16N2O4. The van der Waals surface area contributed by atoms with Crippen molar-refractivity contribution in [3.8, 4) is 0 Å². The van der Waals surface area contributed by atoms with E-state index in [0.29, 0.717) is 24.1 Å². The first kappa shape index (κ1) is 14.2. The van der Waals surface area contributed by atoms with Gasteiger partial charge in [0.2, 0.25) is 0 Å². The number of fused-ring (bicyclic) bond motifs is 1. The Kier molecular flexibility index (Phi) is 4.14. The second-order valence-electron chi connectivity index (χ2n) is 4.80. The Hall–Kier alpha value is -2.21. The summed E-state index contributed by atoms with van der Waals surface area (Å²) < 4.78 is 0. The van der Waals surface area contributed by atoms with Crippen molar-refractivity contribution in [1.29, 1.82) is 0 Å². The monoisotopic (exact) mass is 276 g/mol. The summed E-state index contributed by atoms with van der Waals surface area (Å²) in [5.74, 6) is -1.44. The molecule has 6 heteroatoms. The lowest BCUT2D eigenvalue weighted by Gasteiger charge is -2.22. The fraction of sp³-hybridized carbons (Fsp3) is 0.357.